The Balaban J connectivity index is 1.59. The quantitative estimate of drug-likeness (QED) is 0.286. The predicted molar refractivity (Wildman–Crippen MR) is 129 cm³/mol. The summed E-state index contributed by atoms with van der Waals surface area (Å²) in [5, 5.41) is 0. The number of nitrogens with one attached hydrogen (secondary N) is 1. The van der Waals surface area contributed by atoms with Gasteiger partial charge in [0, 0.05) is 12.0 Å². The highest BCUT2D eigenvalue weighted by Gasteiger charge is 2.16. The summed E-state index contributed by atoms with van der Waals surface area (Å²) in [6.45, 7) is 3.77. The Morgan fingerprint density at radius 2 is 1.36 bits per heavy atom. The zero-order valence-corrected chi connectivity index (χ0v) is 20.0. The molecule has 0 aliphatic heterocycles. The third kappa shape index (κ3) is 6.93. The van der Waals surface area contributed by atoms with E-state index in [4.69, 9.17) is 4.18 Å². The molecule has 1 N–H and O–H groups in total. The summed E-state index contributed by atoms with van der Waals surface area (Å²) in [7, 11) is -7.54. The molecular weight excluding hydrogens is 458 g/mol. The molecule has 6 nitrogen and oxygen atoms in total. The van der Waals surface area contributed by atoms with Crippen molar-refractivity contribution in [3.05, 3.63) is 89.5 Å². The third-order valence-corrected chi connectivity index (χ3v) is 7.43. The SMILES string of the molecule is Cc1ccc(S(=O)(=O)Nc2ccccc2C#CCCCOS(=O)(=O)c2ccc(C)cc2)cc1. The number of sulfonamides is 1. The lowest BCUT2D eigenvalue weighted by Crippen LogP contribution is -2.13. The van der Waals surface area contributed by atoms with Crippen molar-refractivity contribution in [2.45, 2.75) is 36.5 Å². The lowest BCUT2D eigenvalue weighted by molar-refractivity contribution is 0.314. The number of para-hydroxylation sites is 1. The van der Waals surface area contributed by atoms with Crippen LogP contribution in [0.25, 0.3) is 0 Å². The summed E-state index contributed by atoms with van der Waals surface area (Å²) < 4.78 is 57.4. The van der Waals surface area contributed by atoms with Crippen molar-refractivity contribution < 1.29 is 21.0 Å². The van der Waals surface area contributed by atoms with Crippen molar-refractivity contribution in [2.24, 2.45) is 0 Å². The summed E-state index contributed by atoms with van der Waals surface area (Å²) >= 11 is 0. The lowest BCUT2D eigenvalue weighted by Gasteiger charge is -2.10. The minimum atomic E-state index is -3.80. The Labute approximate surface area is 195 Å². The second-order valence-electron chi connectivity index (χ2n) is 7.46. The summed E-state index contributed by atoms with van der Waals surface area (Å²) in [6, 6.07) is 19.9. The molecule has 0 aliphatic rings. The number of hydrogen-bond donors (Lipinski definition) is 1. The number of unbranched alkanes of at least 4 members (excludes halogenated alkanes) is 1. The van der Waals surface area contributed by atoms with Gasteiger partial charge in [-0.25, -0.2) is 8.42 Å². The van der Waals surface area contributed by atoms with E-state index in [1.807, 2.05) is 13.8 Å². The standard InChI is InChI=1S/C25H25NO5S2/c1-20-11-15-23(16-12-20)32(27,28)26-25-10-6-5-9-22(25)8-4-3-7-19-31-33(29,30)24-17-13-21(2)14-18-24/h5-6,9-18,26H,3,7,19H2,1-2H3. The molecule has 0 fully saturated rings. The van der Waals surface area contributed by atoms with Gasteiger partial charge >= 0.3 is 0 Å². The highest BCUT2D eigenvalue weighted by atomic mass is 32.2. The zero-order valence-electron chi connectivity index (χ0n) is 18.4. The first kappa shape index (κ1) is 24.5. The van der Waals surface area contributed by atoms with Crippen LogP contribution in [0.4, 0.5) is 5.69 Å². The van der Waals surface area contributed by atoms with Gasteiger partial charge in [-0.1, -0.05) is 59.4 Å². The van der Waals surface area contributed by atoms with Gasteiger partial charge < -0.3 is 0 Å². The first-order valence-electron chi connectivity index (χ1n) is 10.3. The maximum atomic E-state index is 12.7. The summed E-state index contributed by atoms with van der Waals surface area (Å²) in [6.07, 6.45) is 0.803. The van der Waals surface area contributed by atoms with Crippen molar-refractivity contribution in [1.29, 1.82) is 0 Å². The molecular formula is C25H25NO5S2. The van der Waals surface area contributed by atoms with Crippen LogP contribution in [-0.4, -0.2) is 23.4 Å². The Morgan fingerprint density at radius 1 is 0.788 bits per heavy atom. The zero-order chi connectivity index (χ0) is 23.9. The molecule has 0 unspecified atom stereocenters. The van der Waals surface area contributed by atoms with Crippen LogP contribution in [0.3, 0.4) is 0 Å². The first-order valence-corrected chi connectivity index (χ1v) is 13.2. The Bertz CT molecular complexity index is 1370. The molecule has 172 valence electrons. The van der Waals surface area contributed by atoms with Crippen molar-refractivity contribution in [2.75, 3.05) is 11.3 Å². The van der Waals surface area contributed by atoms with E-state index in [9.17, 15) is 16.8 Å². The number of hydrogen-bond acceptors (Lipinski definition) is 5. The van der Waals surface area contributed by atoms with Crippen LogP contribution in [0.15, 0.2) is 82.6 Å². The van der Waals surface area contributed by atoms with Gasteiger partial charge in [-0.15, -0.1) is 0 Å². The fourth-order valence-electron chi connectivity index (χ4n) is 2.86. The van der Waals surface area contributed by atoms with Gasteiger partial charge in [-0.05, 0) is 56.7 Å². The molecule has 3 aromatic carbocycles. The van der Waals surface area contributed by atoms with Crippen LogP contribution in [0, 0.1) is 25.7 Å². The molecule has 0 saturated heterocycles. The van der Waals surface area contributed by atoms with Crippen molar-refractivity contribution in [3.63, 3.8) is 0 Å². The molecule has 0 bridgehead atoms. The van der Waals surface area contributed by atoms with E-state index in [0.717, 1.165) is 11.1 Å². The molecule has 0 radical (unpaired) electrons. The highest BCUT2D eigenvalue weighted by Crippen LogP contribution is 2.20. The summed E-state index contributed by atoms with van der Waals surface area (Å²) in [5.41, 5.74) is 2.84. The van der Waals surface area contributed by atoms with Gasteiger partial charge in [0.1, 0.15) is 0 Å². The monoisotopic (exact) mass is 483 g/mol. The molecule has 3 aromatic rings. The van der Waals surface area contributed by atoms with Crippen LogP contribution < -0.4 is 4.72 Å². The Kier molecular flexibility index (Phi) is 7.92. The molecule has 0 saturated carbocycles. The van der Waals surface area contributed by atoms with Gasteiger partial charge in [-0.2, -0.15) is 8.42 Å². The summed E-state index contributed by atoms with van der Waals surface area (Å²) in [5.74, 6) is 5.90. The lowest BCUT2D eigenvalue weighted by atomic mass is 10.2. The van der Waals surface area contributed by atoms with Crippen LogP contribution >= 0.6 is 0 Å². The Hall–Kier alpha value is -3.12. The maximum absolute atomic E-state index is 12.7. The molecule has 33 heavy (non-hydrogen) atoms. The number of benzene rings is 3. The highest BCUT2D eigenvalue weighted by molar-refractivity contribution is 7.92. The minimum absolute atomic E-state index is 0.00654. The second-order valence-corrected chi connectivity index (χ2v) is 10.8. The average Bonchev–Trinajstić information content (AvgIpc) is 2.77. The molecule has 3 rings (SSSR count). The van der Waals surface area contributed by atoms with E-state index in [1.54, 1.807) is 60.7 Å². The molecule has 0 spiro atoms. The normalized spacial score (nSPS) is 11.5. The van der Waals surface area contributed by atoms with E-state index in [0.29, 0.717) is 24.1 Å². The van der Waals surface area contributed by atoms with Gasteiger partial charge in [0.05, 0.1) is 22.1 Å². The smallest absolute Gasteiger partial charge is 0.278 e. The van der Waals surface area contributed by atoms with Crippen LogP contribution in [0.5, 0.6) is 0 Å². The molecule has 0 aliphatic carbocycles. The van der Waals surface area contributed by atoms with E-state index in [2.05, 4.69) is 16.6 Å². The molecule has 8 heteroatoms. The van der Waals surface area contributed by atoms with E-state index in [1.165, 1.54) is 12.1 Å². The number of rotatable bonds is 8. The van der Waals surface area contributed by atoms with Crippen molar-refractivity contribution >= 4 is 25.8 Å². The van der Waals surface area contributed by atoms with Gasteiger partial charge in [0.2, 0.25) is 0 Å². The number of anilines is 1. The molecule has 0 aromatic heterocycles. The second kappa shape index (κ2) is 10.7. The fraction of sp³-hybridized carbons (Fsp3) is 0.200. The largest absolute Gasteiger partial charge is 0.296 e. The summed E-state index contributed by atoms with van der Waals surface area (Å²) in [4.78, 5) is 0.289. The minimum Gasteiger partial charge on any atom is -0.278 e. The molecule has 0 atom stereocenters. The maximum Gasteiger partial charge on any atom is 0.296 e. The van der Waals surface area contributed by atoms with Crippen LogP contribution in [0.2, 0.25) is 0 Å². The Morgan fingerprint density at radius 3 is 2.00 bits per heavy atom. The topological polar surface area (TPSA) is 89.5 Å². The average molecular weight is 484 g/mol. The number of aryl methyl sites for hydroxylation is 2. The van der Waals surface area contributed by atoms with Gasteiger partial charge in [0.25, 0.3) is 20.1 Å². The third-order valence-electron chi connectivity index (χ3n) is 4.72. The van der Waals surface area contributed by atoms with Gasteiger partial charge in [0.15, 0.2) is 0 Å². The fourth-order valence-corrected chi connectivity index (χ4v) is 4.88. The predicted octanol–water partition coefficient (Wildman–Crippen LogP) is 4.64. The first-order chi connectivity index (χ1) is 15.7. The van der Waals surface area contributed by atoms with E-state index < -0.39 is 20.1 Å². The van der Waals surface area contributed by atoms with E-state index in [-0.39, 0.29) is 16.4 Å². The van der Waals surface area contributed by atoms with Crippen LogP contribution in [0.1, 0.15) is 29.5 Å². The molecule has 0 heterocycles. The van der Waals surface area contributed by atoms with Crippen LogP contribution in [-0.2, 0) is 24.3 Å². The van der Waals surface area contributed by atoms with Crippen molar-refractivity contribution in [1.82, 2.24) is 0 Å². The van der Waals surface area contributed by atoms with Crippen molar-refractivity contribution in [3.8, 4) is 11.8 Å². The van der Waals surface area contributed by atoms with E-state index >= 15 is 0 Å². The van der Waals surface area contributed by atoms with Gasteiger partial charge in [-0.3, -0.25) is 8.91 Å². The molecule has 0 amide bonds.